The average Bonchev–Trinajstić information content (AvgIpc) is 0.836. The predicted molar refractivity (Wildman–Crippen MR) is 507 cm³/mol. The molecule has 0 fully saturated rings. The second-order valence-corrected chi connectivity index (χ2v) is 30.9. The highest BCUT2D eigenvalue weighted by Gasteiger charge is 2.29. The first-order valence-corrected chi connectivity index (χ1v) is 39.4. The molecule has 16 heteroatoms. The number of carbonyl (C=O) groups is 5. The SMILES string of the molecule is C.C.C.C.C.C.C.C.CCC(C)(C)C(=O)OC.CCC(C)(C)C(=O)OC.CCC(C)(C)C(=O)OC.CCC(C)(C)C(=O)OCCOC(=O)CCc1cc(C)c(O)c(C)c1.CCC(C)c1cc(C)c(O)c(C)c1.CCC(C)c1cc(C)c(O)c(OC)c1.CCC(C)c1ccc(O)cc1.CCC(C)c1ccc(O)cc1.CCC(C)c1ccccc1. The van der Waals surface area contributed by atoms with Gasteiger partial charge in [-0.15, -0.1) is 0 Å². The number of phenols is 5. The molecule has 0 radical (unpaired) electrons. The molecule has 0 saturated carbocycles. The van der Waals surface area contributed by atoms with Gasteiger partial charge in [-0.05, 0) is 275 Å². The molecule has 16 nitrogen and oxygen atoms in total. The Morgan fingerprint density at radius 2 is 0.585 bits per heavy atom. The van der Waals surface area contributed by atoms with E-state index < -0.39 is 5.41 Å². The Labute approximate surface area is 724 Å². The van der Waals surface area contributed by atoms with Crippen molar-refractivity contribution in [2.45, 2.75) is 347 Å². The molecule has 684 valence electrons. The molecule has 6 rings (SSSR count). The number of carbonyl (C=O) groups excluding carboxylic acids is 5. The summed E-state index contributed by atoms with van der Waals surface area (Å²) in [5.41, 5.74) is 10.6. The summed E-state index contributed by atoms with van der Waals surface area (Å²) in [6.07, 6.45) is 9.69. The maximum Gasteiger partial charge on any atom is 0.311 e. The zero-order valence-corrected chi connectivity index (χ0v) is 73.8. The number of esters is 5. The summed E-state index contributed by atoms with van der Waals surface area (Å²) >= 11 is 0. The van der Waals surface area contributed by atoms with Crippen molar-refractivity contribution < 1.29 is 77.9 Å². The number of phenolic OH excluding ortho intramolecular Hbond substituents is 5. The van der Waals surface area contributed by atoms with E-state index in [0.29, 0.717) is 65.4 Å². The lowest BCUT2D eigenvalue weighted by Crippen LogP contribution is -2.27. The van der Waals surface area contributed by atoms with Crippen molar-refractivity contribution in [3.8, 4) is 34.5 Å². The van der Waals surface area contributed by atoms with E-state index in [1.165, 1.54) is 55.6 Å². The minimum atomic E-state index is -0.515. The van der Waals surface area contributed by atoms with Gasteiger partial charge in [0, 0.05) is 6.42 Å². The third-order valence-corrected chi connectivity index (χ3v) is 20.6. The van der Waals surface area contributed by atoms with Gasteiger partial charge >= 0.3 is 29.8 Å². The van der Waals surface area contributed by atoms with Crippen molar-refractivity contribution in [3.63, 3.8) is 0 Å². The number of aryl methyl sites for hydroxylation is 6. The molecule has 0 saturated heterocycles. The van der Waals surface area contributed by atoms with E-state index in [0.717, 1.165) is 78.3 Å². The van der Waals surface area contributed by atoms with Crippen LogP contribution < -0.4 is 4.74 Å². The number of ether oxygens (including phenoxy) is 6. The maximum absolute atomic E-state index is 11.8. The van der Waals surface area contributed by atoms with E-state index in [1.54, 1.807) is 31.4 Å². The van der Waals surface area contributed by atoms with Gasteiger partial charge in [-0.2, -0.15) is 0 Å². The molecule has 0 aliphatic rings. The number of methoxy groups -OCH3 is 4. The van der Waals surface area contributed by atoms with Crippen LogP contribution in [0.5, 0.6) is 34.5 Å². The van der Waals surface area contributed by atoms with E-state index in [2.05, 4.69) is 126 Å². The van der Waals surface area contributed by atoms with Gasteiger partial charge in [-0.25, -0.2) is 0 Å². The third kappa shape index (κ3) is 51.7. The summed E-state index contributed by atoms with van der Waals surface area (Å²) in [6, 6.07) is 37.3. The lowest BCUT2D eigenvalue weighted by Gasteiger charge is -2.20. The molecule has 5 unspecified atom stereocenters. The third-order valence-electron chi connectivity index (χ3n) is 20.6. The summed E-state index contributed by atoms with van der Waals surface area (Å²) < 4.78 is 29.0. The molecule has 0 aliphatic heterocycles. The fourth-order valence-corrected chi connectivity index (χ4v) is 9.45. The Hall–Kier alpha value is -8.53. The van der Waals surface area contributed by atoms with Gasteiger partial charge in [0.2, 0.25) is 0 Å². The molecule has 0 heterocycles. The monoisotopic (exact) mass is 1660 g/mol. The van der Waals surface area contributed by atoms with Crippen LogP contribution in [0.2, 0.25) is 0 Å². The zero-order valence-electron chi connectivity index (χ0n) is 73.8. The van der Waals surface area contributed by atoms with Crippen LogP contribution in [0.1, 0.15) is 367 Å². The second-order valence-electron chi connectivity index (χ2n) is 30.9. The topological polar surface area (TPSA) is 242 Å². The number of benzene rings is 6. The Kier molecular flexibility index (Phi) is 78.0. The van der Waals surface area contributed by atoms with Gasteiger partial charge in [0.05, 0.1) is 50.1 Å². The first-order valence-electron chi connectivity index (χ1n) is 39.4. The summed E-state index contributed by atoms with van der Waals surface area (Å²) in [4.78, 5) is 56.0. The minimum absolute atomic E-state index is 0. The normalized spacial score (nSPS) is 11.2. The van der Waals surface area contributed by atoms with Crippen LogP contribution in [0, 0.1) is 56.3 Å². The Balaban J connectivity index is -0.000000123. The van der Waals surface area contributed by atoms with Gasteiger partial charge < -0.3 is 54.0 Å². The first-order chi connectivity index (χ1) is 51.3. The highest BCUT2D eigenvalue weighted by molar-refractivity contribution is 5.77. The zero-order chi connectivity index (χ0) is 85.5. The van der Waals surface area contributed by atoms with Gasteiger partial charge in [-0.1, -0.05) is 241 Å². The lowest BCUT2D eigenvalue weighted by molar-refractivity contribution is -0.159. The largest absolute Gasteiger partial charge is 0.508 e. The van der Waals surface area contributed by atoms with E-state index >= 15 is 0 Å². The number of rotatable bonds is 25. The molecule has 0 spiro atoms. The first kappa shape index (κ1) is 133. The number of aromatic hydroxyl groups is 5. The van der Waals surface area contributed by atoms with Gasteiger partial charge in [0.25, 0.3) is 0 Å². The second kappa shape index (κ2) is 69.3. The van der Waals surface area contributed by atoms with Crippen LogP contribution >= 0.6 is 0 Å². The van der Waals surface area contributed by atoms with Crippen LogP contribution in [0.3, 0.4) is 0 Å². The fourth-order valence-electron chi connectivity index (χ4n) is 9.45. The van der Waals surface area contributed by atoms with E-state index in [9.17, 15) is 39.3 Å². The van der Waals surface area contributed by atoms with Crippen molar-refractivity contribution in [2.75, 3.05) is 41.7 Å². The van der Waals surface area contributed by atoms with E-state index in [4.69, 9.17) is 24.4 Å². The molecule has 5 atom stereocenters. The molecule has 6 aromatic carbocycles. The quantitative estimate of drug-likeness (QED) is 0.0203. The summed E-state index contributed by atoms with van der Waals surface area (Å²) in [6.45, 7) is 54.2. The standard InChI is InChI=1S/C19H28O5.C12H18O2.C12H18O.2C10H14O.C10H14.3C7H14O2.8CH4/c1-6-19(4,5)18(22)24-10-9-23-16(20)8-7-15-11-13(2)17(21)14(3)12-15;1-5-8(2)10-6-9(3)12(13)11(7-10)14-4;1-5-8(2)11-6-9(3)12(13)10(4)7-11;2*1-3-8(2)9-4-6-10(11)7-5-9;1-3-9(2)10-7-5-4-6-8-10;3*1-5-7(2,3)6(8)9-4;;;;;;;;/h11-12,21H,6-10H2,1-5H3;6-8,13H,5H2,1-4H3;6-8,13H,5H2,1-4H3;2*4-8,11H,3H2,1-2H3;4-9H,3H2,1-2H3;3*5H2,1-4H3;8*1H4. The molecule has 118 heavy (non-hydrogen) atoms. The highest BCUT2D eigenvalue weighted by atomic mass is 16.6. The smallest absolute Gasteiger partial charge is 0.311 e. The van der Waals surface area contributed by atoms with Crippen LogP contribution in [0.4, 0.5) is 0 Å². The summed E-state index contributed by atoms with van der Waals surface area (Å²) in [5.74, 6) is 4.20. The summed E-state index contributed by atoms with van der Waals surface area (Å²) in [5, 5.41) is 47.0. The van der Waals surface area contributed by atoms with Gasteiger partial charge in [0.1, 0.15) is 36.2 Å². The van der Waals surface area contributed by atoms with Crippen molar-refractivity contribution in [1.82, 2.24) is 0 Å². The van der Waals surface area contributed by atoms with Crippen molar-refractivity contribution in [2.24, 2.45) is 21.7 Å². The predicted octanol–water partition coefficient (Wildman–Crippen LogP) is 29.1. The molecular formula is C102H180O16. The molecular weight excluding hydrogens is 1480 g/mol. The van der Waals surface area contributed by atoms with Crippen molar-refractivity contribution in [3.05, 3.63) is 176 Å². The summed E-state index contributed by atoms with van der Waals surface area (Å²) in [7, 11) is 5.83. The average molecular weight is 1660 g/mol. The molecule has 6 aromatic rings. The molecule has 0 aromatic heterocycles. The maximum atomic E-state index is 11.8. The highest BCUT2D eigenvalue weighted by Crippen LogP contribution is 2.35. The van der Waals surface area contributed by atoms with Gasteiger partial charge in [0.15, 0.2) is 11.5 Å². The van der Waals surface area contributed by atoms with Crippen molar-refractivity contribution in [1.29, 1.82) is 0 Å². The van der Waals surface area contributed by atoms with Crippen LogP contribution in [0.25, 0.3) is 0 Å². The number of hydrogen-bond donors (Lipinski definition) is 5. The Morgan fingerprint density at radius 1 is 0.331 bits per heavy atom. The van der Waals surface area contributed by atoms with E-state index in [-0.39, 0.29) is 137 Å². The van der Waals surface area contributed by atoms with Crippen LogP contribution in [-0.2, 0) is 54.1 Å². The Morgan fingerprint density at radius 3 is 0.856 bits per heavy atom. The van der Waals surface area contributed by atoms with Crippen molar-refractivity contribution >= 4 is 29.8 Å². The lowest BCUT2D eigenvalue weighted by atomic mass is 9.91. The molecule has 5 N–H and O–H groups in total. The molecule has 0 aliphatic carbocycles. The van der Waals surface area contributed by atoms with Gasteiger partial charge in [-0.3, -0.25) is 24.0 Å². The Bertz CT molecular complexity index is 3390. The molecule has 0 amide bonds. The van der Waals surface area contributed by atoms with Crippen LogP contribution in [0.15, 0.2) is 115 Å². The van der Waals surface area contributed by atoms with E-state index in [1.807, 2.05) is 166 Å². The number of hydrogen-bond acceptors (Lipinski definition) is 16. The van der Waals surface area contributed by atoms with Crippen LogP contribution in [-0.4, -0.2) is 97.0 Å². The molecule has 0 bridgehead atoms. The minimum Gasteiger partial charge on any atom is -0.508 e. The fraction of sp³-hybridized carbons (Fsp3) is 0.598.